The summed E-state index contributed by atoms with van der Waals surface area (Å²) in [5, 5.41) is 8.35. The van der Waals surface area contributed by atoms with Gasteiger partial charge in [-0.25, -0.2) is 0 Å². The van der Waals surface area contributed by atoms with E-state index in [0.717, 1.165) is 0 Å². The van der Waals surface area contributed by atoms with E-state index in [1.165, 1.54) is 0 Å². The van der Waals surface area contributed by atoms with Crippen LogP contribution in [0.15, 0.2) is 0 Å². The Bertz CT molecular complexity index is 124. The highest BCUT2D eigenvalue weighted by Crippen LogP contribution is 2.23. The minimum absolute atomic E-state index is 0.00309. The van der Waals surface area contributed by atoms with Gasteiger partial charge in [-0.2, -0.15) is 5.26 Å². The molecular formula is C5H9Cl2NSi. The van der Waals surface area contributed by atoms with Crippen LogP contribution in [0.2, 0.25) is 12.6 Å². The van der Waals surface area contributed by atoms with Gasteiger partial charge >= 0.3 is 0 Å². The molecule has 0 aromatic heterocycles. The van der Waals surface area contributed by atoms with Crippen molar-refractivity contribution in [1.82, 2.24) is 0 Å². The van der Waals surface area contributed by atoms with Crippen molar-refractivity contribution >= 4 is 28.9 Å². The minimum atomic E-state index is -2.02. The Hall–Kier alpha value is 0.287. The van der Waals surface area contributed by atoms with Crippen molar-refractivity contribution in [3.63, 3.8) is 0 Å². The smallest absolute Gasteiger partial charge is 0.198 e. The van der Waals surface area contributed by atoms with Crippen LogP contribution in [-0.4, -0.2) is 6.69 Å². The first kappa shape index (κ1) is 9.29. The van der Waals surface area contributed by atoms with E-state index < -0.39 is 6.69 Å². The van der Waals surface area contributed by atoms with E-state index in [0.29, 0.717) is 6.04 Å². The molecule has 0 amide bonds. The molecule has 0 heterocycles. The van der Waals surface area contributed by atoms with Gasteiger partial charge in [-0.15, -0.1) is 22.2 Å². The van der Waals surface area contributed by atoms with Crippen LogP contribution in [-0.2, 0) is 0 Å². The van der Waals surface area contributed by atoms with Gasteiger partial charge in [-0.1, -0.05) is 0 Å². The van der Waals surface area contributed by atoms with Crippen LogP contribution in [0, 0.1) is 17.2 Å². The lowest BCUT2D eigenvalue weighted by Gasteiger charge is -2.09. The summed E-state index contributed by atoms with van der Waals surface area (Å²) in [6, 6.07) is 2.75. The summed E-state index contributed by atoms with van der Waals surface area (Å²) in [6.07, 6.45) is 0. The van der Waals surface area contributed by atoms with Gasteiger partial charge < -0.3 is 0 Å². The largest absolute Gasteiger partial charge is 0.249 e. The zero-order valence-corrected chi connectivity index (χ0v) is 8.00. The van der Waals surface area contributed by atoms with Gasteiger partial charge in [0.2, 0.25) is 6.69 Å². The third kappa shape index (κ3) is 6.17. The topological polar surface area (TPSA) is 23.8 Å². The number of halogens is 2. The molecule has 0 spiro atoms. The fourth-order valence-corrected chi connectivity index (χ4v) is 3.14. The molecule has 0 saturated carbocycles. The molecule has 1 nitrogen and oxygen atoms in total. The average Bonchev–Trinajstić information content (AvgIpc) is 1.62. The van der Waals surface area contributed by atoms with Crippen LogP contribution in [0.1, 0.15) is 6.92 Å². The molecule has 0 rings (SSSR count). The maximum atomic E-state index is 8.35. The molecule has 4 heteroatoms. The van der Waals surface area contributed by atoms with Gasteiger partial charge in [0.1, 0.15) is 0 Å². The maximum absolute atomic E-state index is 8.35. The second-order valence-electron chi connectivity index (χ2n) is 2.30. The molecule has 1 atom stereocenters. The monoisotopic (exact) mass is 181 g/mol. The molecular weight excluding hydrogens is 173 g/mol. The van der Waals surface area contributed by atoms with Crippen LogP contribution >= 0.6 is 22.2 Å². The molecule has 0 saturated heterocycles. The number of nitriles is 1. The van der Waals surface area contributed by atoms with Crippen LogP contribution in [0.3, 0.4) is 0 Å². The molecule has 0 aromatic rings. The van der Waals surface area contributed by atoms with Gasteiger partial charge in [-0.05, 0) is 19.5 Å². The molecule has 9 heavy (non-hydrogen) atoms. The highest BCUT2D eigenvalue weighted by atomic mass is 35.7. The van der Waals surface area contributed by atoms with Crippen LogP contribution in [0.25, 0.3) is 0 Å². The van der Waals surface area contributed by atoms with E-state index in [1.54, 1.807) is 0 Å². The fraction of sp³-hybridized carbons (Fsp3) is 0.800. The Morgan fingerprint density at radius 3 is 2.22 bits per heavy atom. The lowest BCUT2D eigenvalue weighted by molar-refractivity contribution is 0.837. The van der Waals surface area contributed by atoms with E-state index >= 15 is 0 Å². The van der Waals surface area contributed by atoms with Crippen LogP contribution in [0.5, 0.6) is 0 Å². The molecule has 0 aromatic carbocycles. The molecule has 0 aliphatic rings. The van der Waals surface area contributed by atoms with Crippen molar-refractivity contribution in [3.05, 3.63) is 0 Å². The van der Waals surface area contributed by atoms with Gasteiger partial charge in [0.25, 0.3) is 0 Å². The highest BCUT2D eigenvalue weighted by Gasteiger charge is 2.23. The highest BCUT2D eigenvalue weighted by molar-refractivity contribution is 7.44. The first-order valence-electron chi connectivity index (χ1n) is 2.73. The number of nitrogens with zero attached hydrogens (tertiary/aromatic N) is 1. The molecule has 52 valence electrons. The second-order valence-corrected chi connectivity index (χ2v) is 10.4. The second kappa shape index (κ2) is 3.45. The zero-order chi connectivity index (χ0) is 7.49. The molecule has 0 radical (unpaired) electrons. The molecule has 0 fully saturated rings. The third-order valence-electron chi connectivity index (χ3n) is 0.885. The van der Waals surface area contributed by atoms with Gasteiger partial charge in [0, 0.05) is 5.92 Å². The van der Waals surface area contributed by atoms with Crippen molar-refractivity contribution in [2.75, 3.05) is 0 Å². The number of rotatable bonds is 2. The van der Waals surface area contributed by atoms with E-state index in [2.05, 4.69) is 6.07 Å². The quantitative estimate of drug-likeness (QED) is 0.475. The Morgan fingerprint density at radius 1 is 1.67 bits per heavy atom. The van der Waals surface area contributed by atoms with Crippen molar-refractivity contribution < 1.29 is 0 Å². The van der Waals surface area contributed by atoms with E-state index in [1.807, 2.05) is 13.5 Å². The van der Waals surface area contributed by atoms with Gasteiger partial charge in [0.15, 0.2) is 0 Å². The first-order valence-corrected chi connectivity index (χ1v) is 7.46. The number of hydrogen-bond donors (Lipinski definition) is 0. The zero-order valence-electron chi connectivity index (χ0n) is 5.49. The Balaban J connectivity index is 3.63. The first-order chi connectivity index (χ1) is 3.95. The Kier molecular flexibility index (Phi) is 3.56. The Labute approximate surface area is 66.0 Å². The van der Waals surface area contributed by atoms with Gasteiger partial charge in [0.05, 0.1) is 6.07 Å². The predicted molar refractivity (Wildman–Crippen MR) is 42.9 cm³/mol. The summed E-state index contributed by atoms with van der Waals surface area (Å²) in [6.45, 7) is 1.63. The summed E-state index contributed by atoms with van der Waals surface area (Å²) in [5.74, 6) is -0.00309. The summed E-state index contributed by atoms with van der Waals surface area (Å²) in [7, 11) is 0. The lowest BCUT2D eigenvalue weighted by Crippen LogP contribution is -2.15. The van der Waals surface area contributed by atoms with Crippen LogP contribution in [0.4, 0.5) is 0 Å². The minimum Gasteiger partial charge on any atom is -0.198 e. The van der Waals surface area contributed by atoms with Crippen molar-refractivity contribution in [3.8, 4) is 6.07 Å². The summed E-state index contributed by atoms with van der Waals surface area (Å²) in [5.41, 5.74) is 0. The SMILES string of the molecule is CC(C#N)C[Si](C)(Cl)Cl. The fourth-order valence-electron chi connectivity index (χ4n) is 0.583. The van der Waals surface area contributed by atoms with Crippen molar-refractivity contribution in [2.24, 2.45) is 5.92 Å². The third-order valence-corrected chi connectivity index (χ3v) is 3.14. The standard InChI is InChI=1S/C5H9Cl2NSi/c1-5(3-8)4-9(2,6)7/h5H,4H2,1-2H3. The predicted octanol–water partition coefficient (Wildman–Crippen LogP) is 2.70. The summed E-state index contributed by atoms with van der Waals surface area (Å²) in [4.78, 5) is 0. The number of hydrogen-bond acceptors (Lipinski definition) is 1. The summed E-state index contributed by atoms with van der Waals surface area (Å²) < 4.78 is 0. The van der Waals surface area contributed by atoms with Crippen LogP contribution < -0.4 is 0 Å². The molecule has 0 aliphatic heterocycles. The molecule has 1 unspecified atom stereocenters. The van der Waals surface area contributed by atoms with Crippen molar-refractivity contribution in [1.29, 1.82) is 5.26 Å². The Morgan fingerprint density at radius 2 is 2.11 bits per heavy atom. The molecule has 0 bridgehead atoms. The molecule has 0 N–H and O–H groups in total. The van der Waals surface area contributed by atoms with Gasteiger partial charge in [-0.3, -0.25) is 0 Å². The molecule has 0 aliphatic carbocycles. The van der Waals surface area contributed by atoms with Crippen molar-refractivity contribution in [2.45, 2.75) is 19.5 Å². The van der Waals surface area contributed by atoms with E-state index in [9.17, 15) is 0 Å². The average molecular weight is 182 g/mol. The normalized spacial score (nSPS) is 14.6. The maximum Gasteiger partial charge on any atom is 0.249 e. The summed E-state index contributed by atoms with van der Waals surface area (Å²) >= 11 is 11.5. The van der Waals surface area contributed by atoms with E-state index in [-0.39, 0.29) is 5.92 Å². The van der Waals surface area contributed by atoms with E-state index in [4.69, 9.17) is 27.4 Å². The lowest BCUT2D eigenvalue weighted by atomic mass is 10.3.